The standard InChI is InChI=1S/C23H17ClN6O/c1-14-21(23(31)30(29-14)18-6-4-5-16(24)13-18)28-27-17-11-9-15(10-12-17)22-25-19-7-2-3-8-20(19)26-22/h2-13,29H,1H3,(H,25,26). The molecule has 8 heteroatoms. The second-order valence-corrected chi connectivity index (χ2v) is 7.49. The predicted molar refractivity (Wildman–Crippen MR) is 122 cm³/mol. The van der Waals surface area contributed by atoms with Crippen molar-refractivity contribution < 1.29 is 0 Å². The van der Waals surface area contributed by atoms with E-state index >= 15 is 0 Å². The summed E-state index contributed by atoms with van der Waals surface area (Å²) in [4.78, 5) is 20.7. The number of fused-ring (bicyclic) bond motifs is 1. The summed E-state index contributed by atoms with van der Waals surface area (Å²) in [6, 6.07) is 22.4. The molecule has 0 atom stereocenters. The summed E-state index contributed by atoms with van der Waals surface area (Å²) >= 11 is 6.04. The van der Waals surface area contributed by atoms with Gasteiger partial charge in [-0.2, -0.15) is 5.11 Å². The third-order valence-corrected chi connectivity index (χ3v) is 5.14. The van der Waals surface area contributed by atoms with Crippen LogP contribution in [0.3, 0.4) is 0 Å². The van der Waals surface area contributed by atoms with E-state index in [9.17, 15) is 4.79 Å². The van der Waals surface area contributed by atoms with Crippen molar-refractivity contribution in [3.05, 3.63) is 93.9 Å². The first-order valence-electron chi connectivity index (χ1n) is 9.63. The number of para-hydroxylation sites is 2. The van der Waals surface area contributed by atoms with E-state index in [2.05, 4.69) is 25.3 Å². The molecule has 0 amide bonds. The van der Waals surface area contributed by atoms with Crippen LogP contribution in [-0.4, -0.2) is 19.7 Å². The third kappa shape index (κ3) is 3.67. The highest BCUT2D eigenvalue weighted by Crippen LogP contribution is 2.24. The number of rotatable bonds is 4. The van der Waals surface area contributed by atoms with Crippen LogP contribution in [0.1, 0.15) is 5.69 Å². The van der Waals surface area contributed by atoms with E-state index in [1.54, 1.807) is 31.2 Å². The molecule has 2 heterocycles. The molecule has 0 aliphatic heterocycles. The summed E-state index contributed by atoms with van der Waals surface area (Å²) in [7, 11) is 0. The zero-order chi connectivity index (χ0) is 21.4. The van der Waals surface area contributed by atoms with Gasteiger partial charge in [0.2, 0.25) is 0 Å². The molecule has 3 aromatic carbocycles. The van der Waals surface area contributed by atoms with Crippen LogP contribution < -0.4 is 5.56 Å². The molecule has 0 radical (unpaired) electrons. The van der Waals surface area contributed by atoms with Gasteiger partial charge in [0.05, 0.1) is 28.1 Å². The number of imidazole rings is 1. The van der Waals surface area contributed by atoms with Gasteiger partial charge in [0.25, 0.3) is 5.56 Å². The molecule has 0 unspecified atom stereocenters. The van der Waals surface area contributed by atoms with Crippen LogP contribution in [-0.2, 0) is 0 Å². The van der Waals surface area contributed by atoms with Gasteiger partial charge < -0.3 is 4.98 Å². The summed E-state index contributed by atoms with van der Waals surface area (Å²) in [5.74, 6) is 0.788. The minimum Gasteiger partial charge on any atom is -0.338 e. The van der Waals surface area contributed by atoms with E-state index in [1.165, 1.54) is 4.68 Å². The molecule has 31 heavy (non-hydrogen) atoms. The van der Waals surface area contributed by atoms with E-state index in [-0.39, 0.29) is 11.2 Å². The smallest absolute Gasteiger partial charge is 0.299 e. The summed E-state index contributed by atoms with van der Waals surface area (Å²) in [6.45, 7) is 1.78. The van der Waals surface area contributed by atoms with E-state index in [0.717, 1.165) is 22.4 Å². The Morgan fingerprint density at radius 3 is 2.55 bits per heavy atom. The van der Waals surface area contributed by atoms with Crippen molar-refractivity contribution in [2.75, 3.05) is 0 Å². The molecule has 0 bridgehead atoms. The number of benzene rings is 3. The molecule has 7 nitrogen and oxygen atoms in total. The Morgan fingerprint density at radius 2 is 1.77 bits per heavy atom. The Labute approximate surface area is 182 Å². The summed E-state index contributed by atoms with van der Waals surface area (Å²) in [5, 5.41) is 12.0. The highest BCUT2D eigenvalue weighted by Gasteiger charge is 2.12. The van der Waals surface area contributed by atoms with Crippen molar-refractivity contribution in [1.29, 1.82) is 0 Å². The Kier molecular flexibility index (Phi) is 4.72. The van der Waals surface area contributed by atoms with Crippen LogP contribution in [0.5, 0.6) is 0 Å². The fraction of sp³-hybridized carbons (Fsp3) is 0.0435. The zero-order valence-electron chi connectivity index (χ0n) is 16.5. The maximum atomic E-state index is 12.8. The molecule has 152 valence electrons. The van der Waals surface area contributed by atoms with Crippen molar-refractivity contribution in [2.45, 2.75) is 6.92 Å². The maximum absolute atomic E-state index is 12.8. The van der Waals surface area contributed by atoms with E-state index in [0.29, 0.717) is 22.1 Å². The van der Waals surface area contributed by atoms with E-state index in [4.69, 9.17) is 11.6 Å². The fourth-order valence-corrected chi connectivity index (χ4v) is 3.52. The lowest BCUT2D eigenvalue weighted by Gasteiger charge is -2.00. The largest absolute Gasteiger partial charge is 0.338 e. The number of aromatic amines is 2. The van der Waals surface area contributed by atoms with Gasteiger partial charge in [0.15, 0.2) is 5.69 Å². The molecule has 2 aromatic heterocycles. The zero-order valence-corrected chi connectivity index (χ0v) is 17.3. The molecule has 2 N–H and O–H groups in total. The van der Waals surface area contributed by atoms with Crippen molar-refractivity contribution in [1.82, 2.24) is 19.7 Å². The topological polar surface area (TPSA) is 91.2 Å². The Balaban J connectivity index is 1.41. The SMILES string of the molecule is Cc1[nH]n(-c2cccc(Cl)c2)c(=O)c1N=Nc1ccc(-c2nc3ccccc3[nH]2)cc1. The van der Waals surface area contributed by atoms with Gasteiger partial charge in [0, 0.05) is 10.6 Å². The van der Waals surface area contributed by atoms with Gasteiger partial charge in [-0.3, -0.25) is 9.89 Å². The summed E-state index contributed by atoms with van der Waals surface area (Å²) < 4.78 is 1.40. The van der Waals surface area contributed by atoms with Crippen LogP contribution in [0.4, 0.5) is 11.4 Å². The molecule has 0 fully saturated rings. The van der Waals surface area contributed by atoms with Gasteiger partial charge in [-0.15, -0.1) is 5.11 Å². The molecular formula is C23H17ClN6O. The number of hydrogen-bond acceptors (Lipinski definition) is 4. The molecular weight excluding hydrogens is 412 g/mol. The number of halogens is 1. The molecule has 0 saturated heterocycles. The lowest BCUT2D eigenvalue weighted by atomic mass is 10.2. The monoisotopic (exact) mass is 428 g/mol. The third-order valence-electron chi connectivity index (χ3n) is 4.90. The number of hydrogen-bond donors (Lipinski definition) is 2. The van der Waals surface area contributed by atoms with Gasteiger partial charge in [-0.25, -0.2) is 9.67 Å². The Bertz CT molecular complexity index is 1440. The van der Waals surface area contributed by atoms with Crippen molar-refractivity contribution in [3.8, 4) is 17.1 Å². The first-order valence-corrected chi connectivity index (χ1v) is 10.0. The first-order chi connectivity index (χ1) is 15.1. The molecule has 5 rings (SSSR count). The number of H-pyrrole nitrogens is 2. The number of nitrogens with one attached hydrogen (secondary N) is 2. The summed E-state index contributed by atoms with van der Waals surface area (Å²) in [5.41, 5.74) is 4.69. The number of nitrogens with zero attached hydrogens (tertiary/aromatic N) is 4. The number of aromatic nitrogens is 4. The average molecular weight is 429 g/mol. The highest BCUT2D eigenvalue weighted by atomic mass is 35.5. The molecule has 5 aromatic rings. The Morgan fingerprint density at radius 1 is 0.968 bits per heavy atom. The number of azo groups is 1. The van der Waals surface area contributed by atoms with E-state index < -0.39 is 0 Å². The minimum atomic E-state index is -0.289. The van der Waals surface area contributed by atoms with Gasteiger partial charge >= 0.3 is 0 Å². The summed E-state index contributed by atoms with van der Waals surface area (Å²) in [6.07, 6.45) is 0. The second kappa shape index (κ2) is 7.70. The lowest BCUT2D eigenvalue weighted by molar-refractivity contribution is 0.835. The first kappa shape index (κ1) is 19.0. The Hall–Kier alpha value is -3.97. The lowest BCUT2D eigenvalue weighted by Crippen LogP contribution is -2.13. The van der Waals surface area contributed by atoms with Crippen LogP contribution in [0.2, 0.25) is 5.02 Å². The molecule has 0 spiro atoms. The van der Waals surface area contributed by atoms with Gasteiger partial charge in [-0.1, -0.05) is 29.8 Å². The minimum absolute atomic E-state index is 0.251. The fourth-order valence-electron chi connectivity index (χ4n) is 3.34. The highest BCUT2D eigenvalue weighted by molar-refractivity contribution is 6.30. The number of aryl methyl sites for hydroxylation is 1. The van der Waals surface area contributed by atoms with Crippen LogP contribution >= 0.6 is 11.6 Å². The maximum Gasteiger partial charge on any atom is 0.299 e. The van der Waals surface area contributed by atoms with Crippen LogP contribution in [0.25, 0.3) is 28.1 Å². The van der Waals surface area contributed by atoms with Gasteiger partial charge in [-0.05, 0) is 61.5 Å². The van der Waals surface area contributed by atoms with E-state index in [1.807, 2.05) is 48.5 Å². The molecule has 0 saturated carbocycles. The average Bonchev–Trinajstić information content (AvgIpc) is 3.33. The van der Waals surface area contributed by atoms with Crippen molar-refractivity contribution >= 4 is 34.0 Å². The van der Waals surface area contributed by atoms with Gasteiger partial charge in [0.1, 0.15) is 5.82 Å². The van der Waals surface area contributed by atoms with Crippen LogP contribution in [0, 0.1) is 6.92 Å². The molecule has 0 aliphatic rings. The molecule has 0 aliphatic carbocycles. The second-order valence-electron chi connectivity index (χ2n) is 7.06. The van der Waals surface area contributed by atoms with Crippen molar-refractivity contribution in [3.63, 3.8) is 0 Å². The predicted octanol–water partition coefficient (Wildman–Crippen LogP) is 6.09. The quantitative estimate of drug-likeness (QED) is 0.339. The van der Waals surface area contributed by atoms with Crippen molar-refractivity contribution in [2.24, 2.45) is 10.2 Å². The van der Waals surface area contributed by atoms with Crippen LogP contribution in [0.15, 0.2) is 87.8 Å². The normalized spacial score (nSPS) is 11.5.